The Morgan fingerprint density at radius 1 is 1.29 bits per heavy atom. The van der Waals surface area contributed by atoms with E-state index in [0.717, 1.165) is 0 Å². The number of nitrogens with one attached hydrogen (secondary N) is 1. The molecule has 0 amide bonds. The summed E-state index contributed by atoms with van der Waals surface area (Å²) in [5.41, 5.74) is 0.556. The van der Waals surface area contributed by atoms with Gasteiger partial charge >= 0.3 is 5.97 Å². The molecule has 1 unspecified atom stereocenters. The molecule has 0 saturated heterocycles. The second kappa shape index (κ2) is 6.11. The van der Waals surface area contributed by atoms with E-state index in [1.807, 2.05) is 0 Å². The molecule has 7 heteroatoms. The van der Waals surface area contributed by atoms with Crippen molar-refractivity contribution in [3.8, 4) is 0 Å². The lowest BCUT2D eigenvalue weighted by molar-refractivity contribution is -0.138. The number of aromatic nitrogens is 1. The highest BCUT2D eigenvalue weighted by Crippen LogP contribution is 2.16. The van der Waals surface area contributed by atoms with Gasteiger partial charge in [-0.1, -0.05) is 30.3 Å². The first-order valence-electron chi connectivity index (χ1n) is 6.29. The predicted octanol–water partition coefficient (Wildman–Crippen LogP) is 1.17. The number of carboxylic acid groups (broad SMARTS) is 1. The van der Waals surface area contributed by atoms with Crippen molar-refractivity contribution in [2.75, 3.05) is 6.54 Å². The molecule has 1 atom stereocenters. The summed E-state index contributed by atoms with van der Waals surface area (Å²) in [5, 5.41) is 9.26. The lowest BCUT2D eigenvalue weighted by Crippen LogP contribution is -2.31. The summed E-state index contributed by atoms with van der Waals surface area (Å²) >= 11 is 0. The van der Waals surface area contributed by atoms with Crippen LogP contribution in [0.1, 0.15) is 11.5 Å². The minimum absolute atomic E-state index is 0.113. The Kier molecular flexibility index (Phi) is 4.44. The van der Waals surface area contributed by atoms with Crippen LogP contribution in [-0.4, -0.2) is 30.6 Å². The Balaban J connectivity index is 2.14. The van der Waals surface area contributed by atoms with Gasteiger partial charge in [0.25, 0.3) is 0 Å². The number of hydrogen-bond donors (Lipinski definition) is 2. The molecule has 6 nitrogen and oxygen atoms in total. The topological polar surface area (TPSA) is 88.4 Å². The molecule has 21 heavy (non-hydrogen) atoms. The Hall–Kier alpha value is -2.12. The summed E-state index contributed by atoms with van der Waals surface area (Å²) < 4.78 is 28.1. The zero-order valence-electron chi connectivity index (χ0n) is 11.4. The zero-order chi connectivity index (χ0) is 15.5. The molecule has 2 rings (SSSR count). The van der Waals surface area contributed by atoms with Crippen LogP contribution in [0.15, 0.2) is 53.7 Å². The smallest absolute Gasteiger partial charge is 0.312 e. The molecule has 112 valence electrons. The van der Waals surface area contributed by atoms with Crippen molar-refractivity contribution in [2.24, 2.45) is 7.05 Å². The Morgan fingerprint density at radius 3 is 2.48 bits per heavy atom. The summed E-state index contributed by atoms with van der Waals surface area (Å²) in [6.45, 7) is -0.198. The molecule has 0 aliphatic carbocycles. The fourth-order valence-electron chi connectivity index (χ4n) is 1.95. The average molecular weight is 308 g/mol. The molecule has 1 heterocycles. The average Bonchev–Trinajstić information content (AvgIpc) is 2.87. The van der Waals surface area contributed by atoms with Crippen LogP contribution in [0.5, 0.6) is 0 Å². The summed E-state index contributed by atoms with van der Waals surface area (Å²) in [6, 6.07) is 10.00. The quantitative estimate of drug-likeness (QED) is 0.838. The molecule has 1 aromatic heterocycles. The second-order valence-electron chi connectivity index (χ2n) is 4.67. The van der Waals surface area contributed by atoms with Gasteiger partial charge in [-0.15, -0.1) is 0 Å². The Labute approximate surface area is 123 Å². The van der Waals surface area contributed by atoms with Crippen molar-refractivity contribution in [3.63, 3.8) is 0 Å². The van der Waals surface area contributed by atoms with Crippen molar-refractivity contribution >= 4 is 16.0 Å². The molecule has 0 saturated carbocycles. The highest BCUT2D eigenvalue weighted by molar-refractivity contribution is 7.89. The SMILES string of the molecule is Cn1ccc(S(=O)(=O)NCC(C(=O)O)c2ccccc2)c1. The molecule has 0 aliphatic rings. The predicted molar refractivity (Wildman–Crippen MR) is 77.4 cm³/mol. The van der Waals surface area contributed by atoms with Crippen LogP contribution in [-0.2, 0) is 21.9 Å². The van der Waals surface area contributed by atoms with Gasteiger partial charge < -0.3 is 9.67 Å². The van der Waals surface area contributed by atoms with E-state index in [9.17, 15) is 18.3 Å². The summed E-state index contributed by atoms with van der Waals surface area (Å²) in [5.74, 6) is -2.00. The van der Waals surface area contributed by atoms with Crippen molar-refractivity contribution in [1.82, 2.24) is 9.29 Å². The number of nitrogens with zero attached hydrogens (tertiary/aromatic N) is 1. The minimum atomic E-state index is -3.71. The minimum Gasteiger partial charge on any atom is -0.481 e. The molecule has 0 radical (unpaired) electrons. The molecule has 2 aromatic rings. The first-order valence-corrected chi connectivity index (χ1v) is 7.78. The van der Waals surface area contributed by atoms with Crippen LogP contribution >= 0.6 is 0 Å². The van der Waals surface area contributed by atoms with Gasteiger partial charge in [-0.05, 0) is 11.6 Å². The van der Waals surface area contributed by atoms with Gasteiger partial charge in [0.1, 0.15) is 0 Å². The van der Waals surface area contributed by atoms with Gasteiger partial charge in [0, 0.05) is 26.0 Å². The third kappa shape index (κ3) is 3.71. The summed E-state index contributed by atoms with van der Waals surface area (Å²) in [4.78, 5) is 11.4. The number of rotatable bonds is 6. The van der Waals surface area contributed by atoms with Crippen LogP contribution in [0.4, 0.5) is 0 Å². The van der Waals surface area contributed by atoms with E-state index >= 15 is 0 Å². The van der Waals surface area contributed by atoms with Crippen LogP contribution in [0.25, 0.3) is 0 Å². The van der Waals surface area contributed by atoms with Crippen molar-refractivity contribution in [1.29, 1.82) is 0 Å². The van der Waals surface area contributed by atoms with E-state index in [2.05, 4.69) is 4.72 Å². The van der Waals surface area contributed by atoms with Gasteiger partial charge in [-0.25, -0.2) is 13.1 Å². The first kappa shape index (κ1) is 15.3. The summed E-state index contributed by atoms with van der Waals surface area (Å²) in [7, 11) is -2.00. The lowest BCUT2D eigenvalue weighted by Gasteiger charge is -2.13. The molecule has 1 aromatic carbocycles. The fraction of sp³-hybridized carbons (Fsp3) is 0.214. The maximum absolute atomic E-state index is 12.1. The monoisotopic (exact) mass is 308 g/mol. The molecule has 2 N–H and O–H groups in total. The molecule has 0 bridgehead atoms. The number of hydrogen-bond acceptors (Lipinski definition) is 3. The van der Waals surface area contributed by atoms with E-state index in [-0.39, 0.29) is 11.4 Å². The largest absolute Gasteiger partial charge is 0.481 e. The van der Waals surface area contributed by atoms with Gasteiger partial charge in [0.15, 0.2) is 0 Å². The standard InChI is InChI=1S/C14H16N2O4S/c1-16-8-7-12(10-16)21(19,20)15-9-13(14(17)18)11-5-3-2-4-6-11/h2-8,10,13,15H,9H2,1H3,(H,17,18). The second-order valence-corrected chi connectivity index (χ2v) is 6.43. The number of aryl methyl sites for hydroxylation is 1. The van der Waals surface area contributed by atoms with E-state index in [0.29, 0.717) is 5.56 Å². The van der Waals surface area contributed by atoms with Crippen LogP contribution in [0.3, 0.4) is 0 Å². The molecule has 0 aliphatic heterocycles. The molecular weight excluding hydrogens is 292 g/mol. The highest BCUT2D eigenvalue weighted by Gasteiger charge is 2.23. The van der Waals surface area contributed by atoms with Gasteiger partial charge in [0.05, 0.1) is 10.8 Å². The maximum atomic E-state index is 12.1. The van der Waals surface area contributed by atoms with E-state index in [4.69, 9.17) is 0 Å². The molecule has 0 fully saturated rings. The van der Waals surface area contributed by atoms with E-state index in [1.54, 1.807) is 48.1 Å². The van der Waals surface area contributed by atoms with Crippen molar-refractivity contribution in [2.45, 2.75) is 10.8 Å². The molecule has 0 spiro atoms. The normalized spacial score (nSPS) is 13.0. The third-order valence-electron chi connectivity index (χ3n) is 3.09. The fourth-order valence-corrected chi connectivity index (χ4v) is 3.04. The highest BCUT2D eigenvalue weighted by atomic mass is 32.2. The van der Waals surface area contributed by atoms with Gasteiger partial charge in [-0.2, -0.15) is 0 Å². The third-order valence-corrected chi connectivity index (χ3v) is 4.50. The van der Waals surface area contributed by atoms with Gasteiger partial charge in [0.2, 0.25) is 10.0 Å². The Morgan fingerprint density at radius 2 is 1.95 bits per heavy atom. The first-order chi connectivity index (χ1) is 9.90. The number of carbonyl (C=O) groups is 1. The number of sulfonamides is 1. The number of carboxylic acids is 1. The van der Waals surface area contributed by atoms with Crippen molar-refractivity contribution < 1.29 is 18.3 Å². The zero-order valence-corrected chi connectivity index (χ0v) is 12.2. The van der Waals surface area contributed by atoms with Crippen LogP contribution < -0.4 is 4.72 Å². The van der Waals surface area contributed by atoms with E-state index in [1.165, 1.54) is 12.3 Å². The van der Waals surface area contributed by atoms with Crippen LogP contribution in [0.2, 0.25) is 0 Å². The number of benzene rings is 1. The van der Waals surface area contributed by atoms with Crippen LogP contribution in [0, 0.1) is 0 Å². The summed E-state index contributed by atoms with van der Waals surface area (Å²) in [6.07, 6.45) is 3.07. The Bertz CT molecular complexity index is 722. The van der Waals surface area contributed by atoms with Crippen molar-refractivity contribution in [3.05, 3.63) is 54.4 Å². The number of aliphatic carboxylic acids is 1. The molecular formula is C14H16N2O4S. The van der Waals surface area contributed by atoms with Gasteiger partial charge in [-0.3, -0.25) is 4.79 Å². The lowest BCUT2D eigenvalue weighted by atomic mass is 10.00. The van der Waals surface area contributed by atoms with E-state index < -0.39 is 21.9 Å². The maximum Gasteiger partial charge on any atom is 0.312 e.